The van der Waals surface area contributed by atoms with Gasteiger partial charge in [-0.25, -0.2) is 0 Å². The molecule has 0 radical (unpaired) electrons. The summed E-state index contributed by atoms with van der Waals surface area (Å²) < 4.78 is 0. The number of hydrogen-bond donors (Lipinski definition) is 3. The Balaban J connectivity index is 1.41. The molecule has 3 amide bonds. The average Bonchev–Trinajstić information content (AvgIpc) is 3.54. The van der Waals surface area contributed by atoms with Gasteiger partial charge in [0.15, 0.2) is 0 Å². The SMILES string of the molecule is Cc1nnc(NC(=O)CSc2cccc(NC(=O)/C(=C/c3cccs3)NC(=O)c3ccccc3)c2)s1. The molecule has 11 heteroatoms. The summed E-state index contributed by atoms with van der Waals surface area (Å²) in [5.41, 5.74) is 1.11. The zero-order valence-corrected chi connectivity index (χ0v) is 21.5. The minimum absolute atomic E-state index is 0.121. The van der Waals surface area contributed by atoms with Crippen molar-refractivity contribution in [1.82, 2.24) is 15.5 Å². The average molecular weight is 536 g/mol. The zero-order valence-electron chi connectivity index (χ0n) is 19.1. The maximum Gasteiger partial charge on any atom is 0.272 e. The van der Waals surface area contributed by atoms with E-state index in [-0.39, 0.29) is 23.3 Å². The molecule has 4 aromatic rings. The van der Waals surface area contributed by atoms with E-state index in [0.29, 0.717) is 16.4 Å². The van der Waals surface area contributed by atoms with Crippen molar-refractivity contribution in [2.75, 3.05) is 16.4 Å². The number of amides is 3. The van der Waals surface area contributed by atoms with Crippen molar-refractivity contribution in [3.05, 3.63) is 93.3 Å². The van der Waals surface area contributed by atoms with Gasteiger partial charge in [0, 0.05) is 21.0 Å². The van der Waals surface area contributed by atoms with Gasteiger partial charge in [-0.05, 0) is 54.8 Å². The monoisotopic (exact) mass is 535 g/mol. The maximum atomic E-state index is 13.1. The number of carbonyl (C=O) groups is 3. The molecule has 182 valence electrons. The lowest BCUT2D eigenvalue weighted by Crippen LogP contribution is -2.30. The second kappa shape index (κ2) is 12.2. The number of benzene rings is 2. The van der Waals surface area contributed by atoms with Gasteiger partial charge in [0.25, 0.3) is 11.8 Å². The molecule has 0 atom stereocenters. The third-order valence-corrected chi connectivity index (χ3v) is 7.16. The highest BCUT2D eigenvalue weighted by atomic mass is 32.2. The standard InChI is InChI=1S/C25H21N5O3S3/c1-16-29-30-25(36-16)28-22(31)15-35-19-10-5-9-18(13-19)26-24(33)21(14-20-11-6-12-34-20)27-23(32)17-7-3-2-4-8-17/h2-14H,15H2,1H3,(H,26,33)(H,27,32)(H,28,30,31)/b21-14-. The highest BCUT2D eigenvalue weighted by Crippen LogP contribution is 2.23. The van der Waals surface area contributed by atoms with Crippen molar-refractivity contribution in [1.29, 1.82) is 0 Å². The molecule has 0 fully saturated rings. The number of thioether (sulfide) groups is 1. The normalized spacial score (nSPS) is 11.1. The van der Waals surface area contributed by atoms with Crippen LogP contribution in [0.5, 0.6) is 0 Å². The minimum atomic E-state index is -0.459. The first-order chi connectivity index (χ1) is 17.5. The Morgan fingerprint density at radius 1 is 0.972 bits per heavy atom. The van der Waals surface area contributed by atoms with Gasteiger partial charge in [-0.3, -0.25) is 19.7 Å². The van der Waals surface area contributed by atoms with Crippen LogP contribution in [0.2, 0.25) is 0 Å². The van der Waals surface area contributed by atoms with Gasteiger partial charge < -0.3 is 10.6 Å². The van der Waals surface area contributed by atoms with E-state index < -0.39 is 5.91 Å². The van der Waals surface area contributed by atoms with Gasteiger partial charge in [-0.2, -0.15) is 0 Å². The van der Waals surface area contributed by atoms with Crippen LogP contribution < -0.4 is 16.0 Å². The molecule has 3 N–H and O–H groups in total. The molecule has 2 aromatic carbocycles. The Morgan fingerprint density at radius 3 is 2.53 bits per heavy atom. The van der Waals surface area contributed by atoms with E-state index in [9.17, 15) is 14.4 Å². The Hall–Kier alpha value is -3.80. The molecule has 8 nitrogen and oxygen atoms in total. The first kappa shape index (κ1) is 25.3. The molecular weight excluding hydrogens is 515 g/mol. The summed E-state index contributed by atoms with van der Waals surface area (Å²) in [5, 5.41) is 19.2. The van der Waals surface area contributed by atoms with Gasteiger partial charge in [0.05, 0.1) is 5.75 Å². The highest BCUT2D eigenvalue weighted by molar-refractivity contribution is 8.00. The molecule has 0 saturated carbocycles. The Labute approximate surface area is 219 Å². The molecular formula is C25H21N5O3S3. The molecule has 0 aliphatic heterocycles. The van der Waals surface area contributed by atoms with Crippen molar-refractivity contribution in [2.45, 2.75) is 11.8 Å². The molecule has 0 aliphatic rings. The Kier molecular flexibility index (Phi) is 8.61. The van der Waals surface area contributed by atoms with Crippen LogP contribution in [0.3, 0.4) is 0 Å². The smallest absolute Gasteiger partial charge is 0.272 e. The van der Waals surface area contributed by atoms with Crippen molar-refractivity contribution < 1.29 is 14.4 Å². The zero-order chi connectivity index (χ0) is 25.3. The van der Waals surface area contributed by atoms with Crippen LogP contribution in [0.25, 0.3) is 6.08 Å². The number of aromatic nitrogens is 2. The lowest BCUT2D eigenvalue weighted by atomic mass is 10.2. The van der Waals surface area contributed by atoms with Crippen molar-refractivity contribution in [3.8, 4) is 0 Å². The molecule has 0 spiro atoms. The van der Waals surface area contributed by atoms with Crippen molar-refractivity contribution >= 4 is 69.1 Å². The Bertz CT molecular complexity index is 1380. The number of carbonyl (C=O) groups excluding carboxylic acids is 3. The summed E-state index contributed by atoms with van der Waals surface area (Å²) in [4.78, 5) is 39.7. The number of thiophene rings is 1. The van der Waals surface area contributed by atoms with Crippen LogP contribution in [0, 0.1) is 6.92 Å². The van der Waals surface area contributed by atoms with Gasteiger partial charge in [-0.1, -0.05) is 41.7 Å². The molecule has 36 heavy (non-hydrogen) atoms. The van der Waals surface area contributed by atoms with Gasteiger partial charge in [0.2, 0.25) is 11.0 Å². The Morgan fingerprint density at radius 2 is 1.81 bits per heavy atom. The van der Waals surface area contributed by atoms with Crippen molar-refractivity contribution in [2.24, 2.45) is 0 Å². The fourth-order valence-electron chi connectivity index (χ4n) is 2.97. The number of nitrogens with one attached hydrogen (secondary N) is 3. The summed E-state index contributed by atoms with van der Waals surface area (Å²) in [6, 6.07) is 19.6. The molecule has 0 unspecified atom stereocenters. The predicted octanol–water partition coefficient (Wildman–Crippen LogP) is 5.05. The molecule has 2 heterocycles. The summed E-state index contributed by atoms with van der Waals surface area (Å²) in [6.45, 7) is 1.82. The second-order valence-electron chi connectivity index (χ2n) is 7.34. The van der Waals surface area contributed by atoms with Crippen molar-refractivity contribution in [3.63, 3.8) is 0 Å². The number of nitrogens with zero attached hydrogens (tertiary/aromatic N) is 2. The lowest BCUT2D eigenvalue weighted by molar-refractivity contribution is -0.114. The molecule has 4 rings (SSSR count). The fourth-order valence-corrected chi connectivity index (χ4v) is 4.99. The topological polar surface area (TPSA) is 113 Å². The van der Waals surface area contributed by atoms with Crippen LogP contribution in [0.4, 0.5) is 10.8 Å². The summed E-state index contributed by atoms with van der Waals surface area (Å²) in [7, 11) is 0. The van der Waals surface area contributed by atoms with E-state index in [0.717, 1.165) is 14.8 Å². The third kappa shape index (κ3) is 7.35. The van der Waals surface area contributed by atoms with E-state index in [1.54, 1.807) is 48.5 Å². The first-order valence-electron chi connectivity index (χ1n) is 10.7. The maximum absolute atomic E-state index is 13.1. The van der Waals surface area contributed by atoms with Gasteiger partial charge in [0.1, 0.15) is 10.7 Å². The van der Waals surface area contributed by atoms with E-state index in [1.165, 1.54) is 34.4 Å². The molecule has 0 aliphatic carbocycles. The quantitative estimate of drug-likeness (QED) is 0.204. The number of anilines is 2. The molecule has 0 saturated heterocycles. The molecule has 2 aromatic heterocycles. The van der Waals surface area contributed by atoms with E-state index in [4.69, 9.17) is 0 Å². The third-order valence-electron chi connectivity index (χ3n) is 4.59. The number of aryl methyl sites for hydroxylation is 1. The second-order valence-corrected chi connectivity index (χ2v) is 10.5. The van der Waals surface area contributed by atoms with Crippen LogP contribution in [-0.4, -0.2) is 33.7 Å². The van der Waals surface area contributed by atoms with Gasteiger partial charge >= 0.3 is 0 Å². The highest BCUT2D eigenvalue weighted by Gasteiger charge is 2.16. The largest absolute Gasteiger partial charge is 0.321 e. The van der Waals surface area contributed by atoms with Crippen LogP contribution >= 0.6 is 34.4 Å². The molecule has 0 bridgehead atoms. The first-order valence-corrected chi connectivity index (χ1v) is 13.4. The minimum Gasteiger partial charge on any atom is -0.321 e. The van der Waals surface area contributed by atoms with Crippen LogP contribution in [0.15, 0.2) is 82.7 Å². The van der Waals surface area contributed by atoms with Crippen LogP contribution in [-0.2, 0) is 9.59 Å². The van der Waals surface area contributed by atoms with E-state index in [2.05, 4.69) is 26.1 Å². The summed E-state index contributed by atoms with van der Waals surface area (Å²) in [6.07, 6.45) is 1.64. The fraction of sp³-hybridized carbons (Fsp3) is 0.0800. The van der Waals surface area contributed by atoms with E-state index in [1.807, 2.05) is 36.6 Å². The lowest BCUT2D eigenvalue weighted by Gasteiger charge is -2.12. The number of hydrogen-bond acceptors (Lipinski definition) is 8. The van der Waals surface area contributed by atoms with Crippen LogP contribution in [0.1, 0.15) is 20.2 Å². The summed E-state index contributed by atoms with van der Waals surface area (Å²) in [5.74, 6) is -0.865. The number of rotatable bonds is 9. The predicted molar refractivity (Wildman–Crippen MR) is 145 cm³/mol. The van der Waals surface area contributed by atoms with E-state index >= 15 is 0 Å². The summed E-state index contributed by atoms with van der Waals surface area (Å²) >= 11 is 4.09. The van der Waals surface area contributed by atoms with Gasteiger partial charge in [-0.15, -0.1) is 33.3 Å².